The van der Waals surface area contributed by atoms with Gasteiger partial charge in [0, 0.05) is 11.8 Å². The second kappa shape index (κ2) is 3.78. The number of fused-ring (bicyclic) bond motifs is 3. The number of para-hydroxylation sites is 1. The maximum absolute atomic E-state index is 4.43. The van der Waals surface area contributed by atoms with E-state index in [-0.39, 0.29) is 0 Å². The molecule has 0 amide bonds. The zero-order chi connectivity index (χ0) is 10.8. The molecule has 0 atom stereocenters. The lowest BCUT2D eigenvalue weighted by molar-refractivity contribution is 1.50. The van der Waals surface area contributed by atoms with Gasteiger partial charge in [-0.1, -0.05) is 48.5 Å². The number of allylic oxidation sites excluding steroid dienone is 1. The highest BCUT2D eigenvalue weighted by Crippen LogP contribution is 2.33. The largest absolute Gasteiger partial charge is 0.256 e. The van der Waals surface area contributed by atoms with Crippen molar-refractivity contribution in [2.45, 2.75) is 0 Å². The smallest absolute Gasteiger partial charge is 0.0708 e. The fraction of sp³-hybridized carbons (Fsp3) is 0. The Morgan fingerprint density at radius 3 is 2.44 bits per heavy atom. The third-order valence-corrected chi connectivity index (χ3v) is 2.73. The van der Waals surface area contributed by atoms with Crippen molar-refractivity contribution in [1.29, 1.82) is 0 Å². The molecule has 0 saturated carbocycles. The van der Waals surface area contributed by atoms with Crippen molar-refractivity contribution in [3.8, 4) is 11.1 Å². The van der Waals surface area contributed by atoms with Crippen LogP contribution in [0.1, 0.15) is 5.56 Å². The minimum atomic E-state index is 1.03. The van der Waals surface area contributed by atoms with Gasteiger partial charge in [0.1, 0.15) is 0 Å². The summed E-state index contributed by atoms with van der Waals surface area (Å²) in [5.41, 5.74) is 4.70. The van der Waals surface area contributed by atoms with Crippen LogP contribution in [0.15, 0.2) is 59.6 Å². The molecule has 76 valence electrons. The molecule has 0 fully saturated rings. The third-order valence-electron chi connectivity index (χ3n) is 2.73. The molecule has 0 aromatic heterocycles. The molecule has 1 aliphatic heterocycles. The quantitative estimate of drug-likeness (QED) is 0.614. The van der Waals surface area contributed by atoms with E-state index in [0.29, 0.717) is 0 Å². The molecular weight excluding hydrogens is 194 g/mol. The Balaban J connectivity index is 2.34. The van der Waals surface area contributed by atoms with Gasteiger partial charge < -0.3 is 0 Å². The van der Waals surface area contributed by atoms with Gasteiger partial charge >= 0.3 is 0 Å². The van der Waals surface area contributed by atoms with Crippen LogP contribution in [0.4, 0.5) is 5.69 Å². The van der Waals surface area contributed by atoms with E-state index in [1.54, 1.807) is 0 Å². The van der Waals surface area contributed by atoms with E-state index in [1.165, 1.54) is 16.7 Å². The second-order valence-corrected chi connectivity index (χ2v) is 3.74. The van der Waals surface area contributed by atoms with Crippen LogP contribution in [0, 0.1) is 0 Å². The Morgan fingerprint density at radius 1 is 0.750 bits per heavy atom. The SMILES string of the molecule is C1=Cc2ccccc2-c2ccccc2N=C1. The van der Waals surface area contributed by atoms with Crippen molar-refractivity contribution in [2.75, 3.05) is 0 Å². The predicted molar refractivity (Wildman–Crippen MR) is 69.1 cm³/mol. The molecule has 0 saturated heterocycles. The van der Waals surface area contributed by atoms with Crippen LogP contribution in [-0.4, -0.2) is 6.21 Å². The van der Waals surface area contributed by atoms with E-state index in [2.05, 4.69) is 47.5 Å². The fourth-order valence-corrected chi connectivity index (χ4v) is 1.97. The minimum absolute atomic E-state index is 1.03. The average Bonchev–Trinajstić information content (AvgIpc) is 2.33. The Hall–Kier alpha value is -2.15. The summed E-state index contributed by atoms with van der Waals surface area (Å²) in [5, 5.41) is 0. The number of benzene rings is 2. The summed E-state index contributed by atoms with van der Waals surface area (Å²) in [6.45, 7) is 0. The van der Waals surface area contributed by atoms with Crippen molar-refractivity contribution in [1.82, 2.24) is 0 Å². The third kappa shape index (κ3) is 1.47. The maximum Gasteiger partial charge on any atom is 0.0708 e. The molecule has 1 nitrogen and oxygen atoms in total. The lowest BCUT2D eigenvalue weighted by Gasteiger charge is -2.10. The number of rotatable bonds is 0. The minimum Gasteiger partial charge on any atom is -0.256 e. The van der Waals surface area contributed by atoms with E-state index in [1.807, 2.05) is 24.4 Å². The van der Waals surface area contributed by atoms with Crippen molar-refractivity contribution in [3.63, 3.8) is 0 Å². The van der Waals surface area contributed by atoms with Gasteiger partial charge in [0.05, 0.1) is 5.69 Å². The monoisotopic (exact) mass is 205 g/mol. The molecule has 0 radical (unpaired) electrons. The van der Waals surface area contributed by atoms with Gasteiger partial charge in [-0.05, 0) is 23.3 Å². The topological polar surface area (TPSA) is 12.4 Å². The number of hydrogen-bond acceptors (Lipinski definition) is 1. The van der Waals surface area contributed by atoms with Gasteiger partial charge in [-0.25, -0.2) is 0 Å². The Labute approximate surface area is 94.8 Å². The zero-order valence-electron chi connectivity index (χ0n) is 8.80. The van der Waals surface area contributed by atoms with E-state index in [9.17, 15) is 0 Å². The number of nitrogens with zero attached hydrogens (tertiary/aromatic N) is 1. The van der Waals surface area contributed by atoms with Gasteiger partial charge in [-0.15, -0.1) is 0 Å². The first-order valence-corrected chi connectivity index (χ1v) is 5.34. The van der Waals surface area contributed by atoms with Gasteiger partial charge in [-0.2, -0.15) is 0 Å². The molecule has 16 heavy (non-hydrogen) atoms. The Morgan fingerprint density at radius 2 is 1.50 bits per heavy atom. The summed E-state index contributed by atoms with van der Waals surface area (Å²) >= 11 is 0. The molecule has 0 bridgehead atoms. The average molecular weight is 205 g/mol. The molecule has 0 spiro atoms. The van der Waals surface area contributed by atoms with Crippen LogP contribution >= 0.6 is 0 Å². The molecule has 0 unspecified atom stereocenters. The Kier molecular flexibility index (Phi) is 2.15. The summed E-state index contributed by atoms with van der Waals surface area (Å²) in [7, 11) is 0. The summed E-state index contributed by atoms with van der Waals surface area (Å²) in [6, 6.07) is 16.6. The molecule has 3 rings (SSSR count). The second-order valence-electron chi connectivity index (χ2n) is 3.74. The highest BCUT2D eigenvalue weighted by atomic mass is 14.7. The normalized spacial score (nSPS) is 12.5. The van der Waals surface area contributed by atoms with Gasteiger partial charge in [0.25, 0.3) is 0 Å². The van der Waals surface area contributed by atoms with Crippen molar-refractivity contribution in [3.05, 3.63) is 60.2 Å². The van der Waals surface area contributed by atoms with Gasteiger partial charge in [0.15, 0.2) is 0 Å². The number of aliphatic imine (C=N–C) groups is 1. The lowest BCUT2D eigenvalue weighted by atomic mass is 9.97. The zero-order valence-corrected chi connectivity index (χ0v) is 8.80. The molecular formula is C15H11N. The van der Waals surface area contributed by atoms with Gasteiger partial charge in [0.2, 0.25) is 0 Å². The van der Waals surface area contributed by atoms with E-state index in [4.69, 9.17) is 0 Å². The van der Waals surface area contributed by atoms with Crippen LogP contribution in [0.5, 0.6) is 0 Å². The summed E-state index contributed by atoms with van der Waals surface area (Å²) in [4.78, 5) is 4.43. The predicted octanol–water partition coefficient (Wildman–Crippen LogP) is 4.08. The maximum atomic E-state index is 4.43. The van der Waals surface area contributed by atoms with Crippen LogP contribution in [0.3, 0.4) is 0 Å². The first kappa shape index (κ1) is 9.10. The standard InChI is InChI=1S/C15H11N/c1-2-8-13-12(6-1)7-5-11-16-15-10-4-3-9-14(13)15/h1-11H. The van der Waals surface area contributed by atoms with Crippen LogP contribution in [-0.2, 0) is 0 Å². The first-order chi connectivity index (χ1) is 7.95. The lowest BCUT2D eigenvalue weighted by Crippen LogP contribution is -1.86. The van der Waals surface area contributed by atoms with E-state index in [0.717, 1.165) is 5.69 Å². The molecule has 0 aliphatic carbocycles. The highest BCUT2D eigenvalue weighted by molar-refractivity contribution is 5.91. The molecule has 2 aromatic rings. The Bertz CT molecular complexity index is 526. The van der Waals surface area contributed by atoms with Crippen molar-refractivity contribution < 1.29 is 0 Å². The molecule has 0 N–H and O–H groups in total. The van der Waals surface area contributed by atoms with Crippen molar-refractivity contribution in [2.24, 2.45) is 4.99 Å². The van der Waals surface area contributed by atoms with Crippen LogP contribution < -0.4 is 0 Å². The first-order valence-electron chi connectivity index (χ1n) is 5.34. The van der Waals surface area contributed by atoms with E-state index < -0.39 is 0 Å². The molecule has 1 heterocycles. The van der Waals surface area contributed by atoms with E-state index >= 15 is 0 Å². The van der Waals surface area contributed by atoms with Gasteiger partial charge in [-0.3, -0.25) is 4.99 Å². The van der Waals surface area contributed by atoms with Crippen LogP contribution in [0.2, 0.25) is 0 Å². The van der Waals surface area contributed by atoms with Crippen LogP contribution in [0.25, 0.3) is 17.2 Å². The highest BCUT2D eigenvalue weighted by Gasteiger charge is 2.07. The fourth-order valence-electron chi connectivity index (χ4n) is 1.97. The molecule has 1 heteroatoms. The summed E-state index contributed by atoms with van der Waals surface area (Å²) in [5.74, 6) is 0. The molecule has 2 aromatic carbocycles. The number of hydrogen-bond donors (Lipinski definition) is 0. The summed E-state index contributed by atoms with van der Waals surface area (Å²) < 4.78 is 0. The molecule has 1 aliphatic rings. The van der Waals surface area contributed by atoms with Crippen molar-refractivity contribution >= 4 is 18.0 Å². The summed E-state index contributed by atoms with van der Waals surface area (Å²) in [6.07, 6.45) is 5.92.